The summed E-state index contributed by atoms with van der Waals surface area (Å²) in [6, 6.07) is 9.79. The zero-order valence-electron chi connectivity index (χ0n) is 13.0. The van der Waals surface area contributed by atoms with Crippen molar-refractivity contribution < 1.29 is 4.52 Å². The topological polar surface area (TPSA) is 66.0 Å². The van der Waals surface area contributed by atoms with Gasteiger partial charge in [0.2, 0.25) is 5.89 Å². The van der Waals surface area contributed by atoms with Crippen LogP contribution in [0.1, 0.15) is 43.7 Å². The van der Waals surface area contributed by atoms with Crippen LogP contribution in [-0.2, 0) is 11.8 Å². The van der Waals surface area contributed by atoms with Crippen LogP contribution >= 0.6 is 0 Å². The van der Waals surface area contributed by atoms with Gasteiger partial charge in [-0.1, -0.05) is 26.0 Å². The van der Waals surface area contributed by atoms with E-state index in [2.05, 4.69) is 35.0 Å². The highest BCUT2D eigenvalue weighted by Crippen LogP contribution is 2.28. The number of benzene rings is 1. The highest BCUT2D eigenvalue weighted by atomic mass is 16.5. The van der Waals surface area contributed by atoms with Crippen LogP contribution in [0.5, 0.6) is 0 Å². The van der Waals surface area contributed by atoms with Gasteiger partial charge in [-0.2, -0.15) is 10.2 Å². The molecule has 1 saturated heterocycles. The zero-order chi connectivity index (χ0) is 15.6. The van der Waals surface area contributed by atoms with Crippen LogP contribution < -0.4 is 4.90 Å². The molecule has 0 amide bonds. The Morgan fingerprint density at radius 1 is 1.23 bits per heavy atom. The first kappa shape index (κ1) is 14.6. The number of hydrogen-bond acceptors (Lipinski definition) is 5. The van der Waals surface area contributed by atoms with E-state index in [-0.39, 0.29) is 5.41 Å². The Morgan fingerprint density at radius 2 is 1.91 bits per heavy atom. The molecule has 0 N–H and O–H groups in total. The van der Waals surface area contributed by atoms with Crippen molar-refractivity contribution in [1.82, 2.24) is 10.1 Å². The molecule has 2 aromatic rings. The minimum atomic E-state index is -0.237. The van der Waals surface area contributed by atoms with Gasteiger partial charge in [-0.05, 0) is 42.1 Å². The first-order valence-corrected chi connectivity index (χ1v) is 7.67. The smallest absolute Gasteiger partial charge is 0.266 e. The summed E-state index contributed by atoms with van der Waals surface area (Å²) in [6.07, 6.45) is 3.18. The third-order valence-electron chi connectivity index (χ3n) is 4.11. The molecule has 1 aromatic heterocycles. The number of aromatic nitrogens is 2. The van der Waals surface area contributed by atoms with Crippen molar-refractivity contribution in [1.29, 1.82) is 5.26 Å². The Hall–Kier alpha value is -2.35. The molecule has 2 heterocycles. The second-order valence-electron chi connectivity index (χ2n) is 6.46. The predicted molar refractivity (Wildman–Crippen MR) is 83.6 cm³/mol. The Morgan fingerprint density at radius 3 is 2.55 bits per heavy atom. The fraction of sp³-hybridized carbons (Fsp3) is 0.471. The molecule has 3 rings (SSSR count). The van der Waals surface area contributed by atoms with E-state index in [1.807, 2.05) is 24.3 Å². The van der Waals surface area contributed by atoms with Gasteiger partial charge in [-0.3, -0.25) is 0 Å². The fourth-order valence-electron chi connectivity index (χ4n) is 2.82. The third-order valence-corrected chi connectivity index (χ3v) is 4.11. The van der Waals surface area contributed by atoms with E-state index in [9.17, 15) is 0 Å². The van der Waals surface area contributed by atoms with Crippen molar-refractivity contribution >= 4 is 5.95 Å². The third kappa shape index (κ3) is 2.96. The lowest BCUT2D eigenvalue weighted by Gasteiger charge is -2.20. The molecule has 0 aliphatic carbocycles. The second kappa shape index (κ2) is 5.80. The lowest BCUT2D eigenvalue weighted by Crippen LogP contribution is -2.22. The maximum atomic E-state index is 8.86. The lowest BCUT2D eigenvalue weighted by atomic mass is 9.85. The van der Waals surface area contributed by atoms with E-state index in [1.54, 1.807) is 0 Å². The molecule has 1 aliphatic heterocycles. The zero-order valence-corrected chi connectivity index (χ0v) is 13.0. The minimum Gasteiger partial charge on any atom is -0.338 e. The maximum Gasteiger partial charge on any atom is 0.266 e. The van der Waals surface area contributed by atoms with E-state index >= 15 is 0 Å². The van der Waals surface area contributed by atoms with Crippen LogP contribution in [0.4, 0.5) is 5.95 Å². The van der Waals surface area contributed by atoms with Gasteiger partial charge in [0.15, 0.2) is 0 Å². The second-order valence-corrected chi connectivity index (χ2v) is 6.46. The van der Waals surface area contributed by atoms with Gasteiger partial charge in [-0.15, -0.1) is 0 Å². The molecule has 5 nitrogen and oxygen atoms in total. The molecule has 0 bridgehead atoms. The van der Waals surface area contributed by atoms with Crippen LogP contribution in [0.3, 0.4) is 0 Å². The largest absolute Gasteiger partial charge is 0.338 e. The van der Waals surface area contributed by atoms with E-state index in [0.29, 0.717) is 17.4 Å². The average Bonchev–Trinajstić information content (AvgIpc) is 3.19. The molecule has 114 valence electrons. The maximum absolute atomic E-state index is 8.86. The van der Waals surface area contributed by atoms with E-state index in [0.717, 1.165) is 25.1 Å². The summed E-state index contributed by atoms with van der Waals surface area (Å²) in [7, 11) is 0. The highest BCUT2D eigenvalue weighted by Gasteiger charge is 2.29. The van der Waals surface area contributed by atoms with Gasteiger partial charge in [0.05, 0.1) is 11.6 Å². The predicted octanol–water partition coefficient (Wildman–Crippen LogP) is 3.06. The summed E-state index contributed by atoms with van der Waals surface area (Å²) in [5.74, 6) is 1.37. The normalized spacial score (nSPS) is 15.0. The quantitative estimate of drug-likeness (QED) is 0.867. The molecular weight excluding hydrogens is 276 g/mol. The number of anilines is 1. The standard InChI is InChI=1S/C17H20N4O/c1-17(2,11-13-5-7-14(12-18)8-6-13)15-19-16(20-22-15)21-9-3-4-10-21/h5-8H,3-4,9-11H2,1-2H3. The first-order valence-electron chi connectivity index (χ1n) is 7.67. The summed E-state index contributed by atoms with van der Waals surface area (Å²) >= 11 is 0. The number of nitrogens with zero attached hydrogens (tertiary/aromatic N) is 4. The number of rotatable bonds is 4. The summed E-state index contributed by atoms with van der Waals surface area (Å²) in [6.45, 7) is 6.23. The monoisotopic (exact) mass is 296 g/mol. The van der Waals surface area contributed by atoms with Crippen molar-refractivity contribution in [2.75, 3.05) is 18.0 Å². The Balaban J connectivity index is 1.75. The van der Waals surface area contributed by atoms with Gasteiger partial charge in [-0.25, -0.2) is 0 Å². The Kier molecular flexibility index (Phi) is 3.84. The molecule has 0 atom stereocenters. The van der Waals surface area contributed by atoms with Crippen molar-refractivity contribution in [2.24, 2.45) is 0 Å². The summed E-state index contributed by atoms with van der Waals surface area (Å²) in [5, 5.41) is 13.0. The van der Waals surface area contributed by atoms with Gasteiger partial charge >= 0.3 is 0 Å². The van der Waals surface area contributed by atoms with Crippen LogP contribution in [0.2, 0.25) is 0 Å². The Labute approximate surface area is 130 Å². The summed E-state index contributed by atoms with van der Waals surface area (Å²) in [4.78, 5) is 6.76. The molecule has 0 saturated carbocycles. The van der Waals surface area contributed by atoms with Crippen molar-refractivity contribution in [3.8, 4) is 6.07 Å². The Bertz CT molecular complexity index is 675. The number of nitriles is 1. The summed E-state index contributed by atoms with van der Waals surface area (Å²) in [5.41, 5.74) is 1.60. The van der Waals surface area contributed by atoms with Gasteiger partial charge in [0.25, 0.3) is 5.95 Å². The molecule has 0 radical (unpaired) electrons. The highest BCUT2D eigenvalue weighted by molar-refractivity contribution is 5.33. The molecule has 5 heteroatoms. The minimum absolute atomic E-state index is 0.237. The van der Waals surface area contributed by atoms with Crippen LogP contribution in [0, 0.1) is 11.3 Å². The molecule has 22 heavy (non-hydrogen) atoms. The average molecular weight is 296 g/mol. The van der Waals surface area contributed by atoms with Crippen molar-refractivity contribution in [2.45, 2.75) is 38.5 Å². The SMILES string of the molecule is CC(C)(Cc1ccc(C#N)cc1)c1nc(N2CCCC2)no1. The van der Waals surface area contributed by atoms with E-state index in [4.69, 9.17) is 9.78 Å². The molecule has 0 spiro atoms. The van der Waals surface area contributed by atoms with Crippen LogP contribution in [0.25, 0.3) is 0 Å². The van der Waals surface area contributed by atoms with Gasteiger partial charge in [0.1, 0.15) is 0 Å². The van der Waals surface area contributed by atoms with Crippen LogP contribution in [0.15, 0.2) is 28.8 Å². The van der Waals surface area contributed by atoms with Crippen LogP contribution in [-0.4, -0.2) is 23.2 Å². The van der Waals surface area contributed by atoms with E-state index in [1.165, 1.54) is 12.8 Å². The summed E-state index contributed by atoms with van der Waals surface area (Å²) < 4.78 is 5.50. The first-order chi connectivity index (χ1) is 10.6. The lowest BCUT2D eigenvalue weighted by molar-refractivity contribution is 0.305. The number of hydrogen-bond donors (Lipinski definition) is 0. The van der Waals surface area contributed by atoms with Crippen molar-refractivity contribution in [3.05, 3.63) is 41.3 Å². The molecule has 1 aromatic carbocycles. The van der Waals surface area contributed by atoms with Gasteiger partial charge < -0.3 is 9.42 Å². The fourth-order valence-corrected chi connectivity index (χ4v) is 2.82. The molecular formula is C17H20N4O. The van der Waals surface area contributed by atoms with Crippen molar-refractivity contribution in [3.63, 3.8) is 0 Å². The van der Waals surface area contributed by atoms with E-state index < -0.39 is 0 Å². The molecule has 1 fully saturated rings. The molecule has 1 aliphatic rings. The molecule has 0 unspecified atom stereocenters. The van der Waals surface area contributed by atoms with Gasteiger partial charge in [0, 0.05) is 18.5 Å².